The van der Waals surface area contributed by atoms with Gasteiger partial charge in [-0.2, -0.15) is 0 Å². The number of benzene rings is 1. The van der Waals surface area contributed by atoms with Crippen LogP contribution in [0.1, 0.15) is 25.8 Å². The Bertz CT molecular complexity index is 352. The van der Waals surface area contributed by atoms with E-state index in [1.165, 1.54) is 5.56 Å². The summed E-state index contributed by atoms with van der Waals surface area (Å²) in [6.07, 6.45) is 1.11. The van der Waals surface area contributed by atoms with E-state index in [0.717, 1.165) is 17.9 Å². The number of hydrogen-bond donors (Lipinski definition) is 1. The van der Waals surface area contributed by atoms with E-state index in [4.69, 9.17) is 0 Å². The molecule has 0 bridgehead atoms. The summed E-state index contributed by atoms with van der Waals surface area (Å²) in [4.78, 5) is 0.935. The molecule has 0 radical (unpaired) electrons. The van der Waals surface area contributed by atoms with Crippen molar-refractivity contribution in [3.8, 4) is 0 Å². The van der Waals surface area contributed by atoms with Gasteiger partial charge in [0.1, 0.15) is 0 Å². The average molecular weight is 239 g/mol. The Morgan fingerprint density at radius 3 is 2.81 bits per heavy atom. The molecule has 2 unspecified atom stereocenters. The van der Waals surface area contributed by atoms with Gasteiger partial charge in [0.05, 0.1) is 10.8 Å². The van der Waals surface area contributed by atoms with Crippen molar-refractivity contribution in [2.24, 2.45) is 0 Å². The summed E-state index contributed by atoms with van der Waals surface area (Å²) in [5, 5.41) is 3.35. The third-order valence-corrected chi connectivity index (χ3v) is 3.98. The first-order chi connectivity index (χ1) is 7.63. The van der Waals surface area contributed by atoms with E-state index in [1.54, 1.807) is 0 Å². The molecule has 0 amide bonds. The molecule has 2 nitrogen and oxygen atoms in total. The van der Waals surface area contributed by atoms with Crippen LogP contribution in [0.15, 0.2) is 29.2 Å². The predicted molar refractivity (Wildman–Crippen MR) is 70.2 cm³/mol. The first-order valence-electron chi connectivity index (χ1n) is 5.82. The molecule has 1 aromatic carbocycles. The lowest BCUT2D eigenvalue weighted by molar-refractivity contribution is 0.582. The molecule has 1 rings (SSSR count). The van der Waals surface area contributed by atoms with E-state index in [9.17, 15) is 4.21 Å². The molecule has 0 aliphatic rings. The van der Waals surface area contributed by atoms with Crippen LogP contribution in [0.3, 0.4) is 0 Å². The van der Waals surface area contributed by atoms with Gasteiger partial charge in [-0.3, -0.25) is 4.21 Å². The van der Waals surface area contributed by atoms with E-state index in [0.29, 0.717) is 11.8 Å². The van der Waals surface area contributed by atoms with E-state index < -0.39 is 10.8 Å². The van der Waals surface area contributed by atoms with Gasteiger partial charge in [0, 0.05) is 16.7 Å². The van der Waals surface area contributed by atoms with Crippen molar-refractivity contribution in [3.63, 3.8) is 0 Å². The van der Waals surface area contributed by atoms with Crippen molar-refractivity contribution >= 4 is 10.8 Å². The van der Waals surface area contributed by atoms with Crippen molar-refractivity contribution in [2.75, 3.05) is 12.3 Å². The molecule has 3 heteroatoms. The summed E-state index contributed by atoms with van der Waals surface area (Å²) in [6, 6.07) is 8.24. The van der Waals surface area contributed by atoms with Gasteiger partial charge in [0.15, 0.2) is 0 Å². The van der Waals surface area contributed by atoms with Crippen LogP contribution in [-0.2, 0) is 10.8 Å². The lowest BCUT2D eigenvalue weighted by Gasteiger charge is -2.12. The highest BCUT2D eigenvalue weighted by atomic mass is 32.2. The first kappa shape index (κ1) is 13.4. The maximum Gasteiger partial charge on any atom is 0.0545 e. The predicted octanol–water partition coefficient (Wildman–Crippen LogP) is 2.49. The molecule has 1 N–H and O–H groups in total. The number of hydrogen-bond acceptors (Lipinski definition) is 2. The lowest BCUT2D eigenvalue weighted by Crippen LogP contribution is -2.31. The van der Waals surface area contributed by atoms with Gasteiger partial charge >= 0.3 is 0 Å². The van der Waals surface area contributed by atoms with E-state index in [-0.39, 0.29) is 0 Å². The van der Waals surface area contributed by atoms with E-state index >= 15 is 0 Å². The van der Waals surface area contributed by atoms with Crippen molar-refractivity contribution < 1.29 is 4.21 Å². The first-order valence-corrected chi connectivity index (χ1v) is 7.13. The Kier molecular flexibility index (Phi) is 5.71. The van der Waals surface area contributed by atoms with Crippen LogP contribution in [0.5, 0.6) is 0 Å². The summed E-state index contributed by atoms with van der Waals surface area (Å²) in [5.74, 6) is 0.684. The lowest BCUT2D eigenvalue weighted by atomic mass is 10.2. The maximum absolute atomic E-state index is 12.0. The molecule has 2 atom stereocenters. The molecule has 0 spiro atoms. The van der Waals surface area contributed by atoms with Gasteiger partial charge in [-0.15, -0.1) is 0 Å². The number of nitrogens with one attached hydrogen (secondary N) is 1. The van der Waals surface area contributed by atoms with Crippen LogP contribution in [0.2, 0.25) is 0 Å². The highest BCUT2D eigenvalue weighted by molar-refractivity contribution is 7.85. The monoisotopic (exact) mass is 239 g/mol. The molecule has 0 aliphatic carbocycles. The van der Waals surface area contributed by atoms with Crippen LogP contribution in [0.4, 0.5) is 0 Å². The van der Waals surface area contributed by atoms with Crippen LogP contribution in [0, 0.1) is 6.92 Å². The summed E-state index contributed by atoms with van der Waals surface area (Å²) < 4.78 is 12.0. The molecule has 0 heterocycles. The van der Waals surface area contributed by atoms with Gasteiger partial charge in [0.2, 0.25) is 0 Å². The van der Waals surface area contributed by atoms with Crippen molar-refractivity contribution in [2.45, 2.75) is 38.1 Å². The van der Waals surface area contributed by atoms with Gasteiger partial charge in [0.25, 0.3) is 0 Å². The zero-order valence-electron chi connectivity index (χ0n) is 10.3. The Labute approximate surface area is 101 Å². The topological polar surface area (TPSA) is 29.1 Å². The van der Waals surface area contributed by atoms with Crippen LogP contribution >= 0.6 is 0 Å². The van der Waals surface area contributed by atoms with Gasteiger partial charge in [-0.1, -0.05) is 19.1 Å². The average Bonchev–Trinajstić information content (AvgIpc) is 2.26. The third-order valence-electron chi connectivity index (χ3n) is 2.40. The zero-order valence-corrected chi connectivity index (χ0v) is 11.1. The highest BCUT2D eigenvalue weighted by Crippen LogP contribution is 2.09. The minimum atomic E-state index is -0.890. The second-order valence-corrected chi connectivity index (χ2v) is 5.68. The second-order valence-electron chi connectivity index (χ2n) is 4.18. The highest BCUT2D eigenvalue weighted by Gasteiger charge is 2.08. The van der Waals surface area contributed by atoms with Crippen molar-refractivity contribution in [3.05, 3.63) is 29.8 Å². The maximum atomic E-state index is 12.0. The summed E-state index contributed by atoms with van der Waals surface area (Å²) >= 11 is 0. The van der Waals surface area contributed by atoms with Gasteiger partial charge in [-0.25, -0.2) is 0 Å². The fraction of sp³-hybridized carbons (Fsp3) is 0.538. The van der Waals surface area contributed by atoms with Gasteiger partial charge < -0.3 is 5.32 Å². The Balaban J connectivity index is 2.52. The fourth-order valence-electron chi connectivity index (χ4n) is 1.53. The summed E-state index contributed by atoms with van der Waals surface area (Å²) in [7, 11) is -0.890. The largest absolute Gasteiger partial charge is 0.313 e. The standard InChI is InChI=1S/C13H21NOS/c1-4-8-14-12(3)10-16(15)13-7-5-6-11(2)9-13/h5-7,9,12,14H,4,8,10H2,1-3H3. The number of aryl methyl sites for hydroxylation is 1. The van der Waals surface area contributed by atoms with E-state index in [1.807, 2.05) is 31.2 Å². The third kappa shape index (κ3) is 4.45. The molecule has 0 aliphatic heterocycles. The Morgan fingerprint density at radius 2 is 2.19 bits per heavy atom. The van der Waals surface area contributed by atoms with Crippen molar-refractivity contribution in [1.82, 2.24) is 5.32 Å². The van der Waals surface area contributed by atoms with E-state index in [2.05, 4.69) is 19.2 Å². The van der Waals surface area contributed by atoms with Crippen LogP contribution in [0.25, 0.3) is 0 Å². The molecule has 0 aromatic heterocycles. The molecule has 0 fully saturated rings. The minimum absolute atomic E-state index is 0.307. The Hall–Kier alpha value is -0.670. The quantitative estimate of drug-likeness (QED) is 0.826. The van der Waals surface area contributed by atoms with Gasteiger partial charge in [-0.05, 0) is 44.5 Å². The van der Waals surface area contributed by atoms with Crippen LogP contribution < -0.4 is 5.32 Å². The zero-order chi connectivity index (χ0) is 12.0. The second kappa shape index (κ2) is 6.81. The molecular formula is C13H21NOS. The number of rotatable bonds is 6. The molecule has 90 valence electrons. The minimum Gasteiger partial charge on any atom is -0.313 e. The molecular weight excluding hydrogens is 218 g/mol. The fourth-order valence-corrected chi connectivity index (χ4v) is 2.84. The SMILES string of the molecule is CCCNC(C)CS(=O)c1cccc(C)c1. The van der Waals surface area contributed by atoms with Crippen molar-refractivity contribution in [1.29, 1.82) is 0 Å². The summed E-state index contributed by atoms with van der Waals surface area (Å²) in [6.45, 7) is 7.24. The molecule has 0 saturated heterocycles. The Morgan fingerprint density at radius 1 is 1.44 bits per heavy atom. The molecule has 16 heavy (non-hydrogen) atoms. The summed E-state index contributed by atoms with van der Waals surface area (Å²) in [5.41, 5.74) is 1.17. The normalized spacial score (nSPS) is 14.7. The van der Waals surface area contributed by atoms with Crippen LogP contribution in [-0.4, -0.2) is 22.5 Å². The molecule has 0 saturated carbocycles. The molecule has 1 aromatic rings. The smallest absolute Gasteiger partial charge is 0.0545 e.